The molecule has 0 aliphatic heterocycles. The molecule has 6 heteroatoms. The number of hydrogen-bond acceptors (Lipinski definition) is 3. The molecule has 21 heavy (non-hydrogen) atoms. The van der Waals surface area contributed by atoms with Crippen LogP contribution in [0.5, 0.6) is 0 Å². The topological polar surface area (TPSA) is 38.3 Å². The Balaban J connectivity index is 2.45. The zero-order valence-electron chi connectivity index (χ0n) is 11.1. The highest BCUT2D eigenvalue weighted by Crippen LogP contribution is 2.27. The van der Waals surface area contributed by atoms with Gasteiger partial charge >= 0.3 is 5.97 Å². The van der Waals surface area contributed by atoms with Gasteiger partial charge in [0.25, 0.3) is 0 Å². The molecule has 2 aromatic rings. The Morgan fingerprint density at radius 1 is 1.00 bits per heavy atom. The summed E-state index contributed by atoms with van der Waals surface area (Å²) in [6.45, 7) is 0. The minimum absolute atomic E-state index is 0.0597. The smallest absolute Gasteiger partial charge is 0.333 e. The number of nitrogens with one attached hydrogen (secondary N) is 1. The second-order valence-corrected chi connectivity index (χ2v) is 4.22. The maximum absolute atomic E-state index is 13.8. The summed E-state index contributed by atoms with van der Waals surface area (Å²) in [5.41, 5.74) is -0.580. The van der Waals surface area contributed by atoms with Crippen LogP contribution in [0.25, 0.3) is 0 Å². The van der Waals surface area contributed by atoms with Crippen molar-refractivity contribution in [3.8, 4) is 0 Å². The maximum Gasteiger partial charge on any atom is 0.333 e. The fourth-order valence-corrected chi connectivity index (χ4v) is 1.89. The number of para-hydroxylation sites is 1. The molecule has 2 rings (SSSR count). The van der Waals surface area contributed by atoms with Crippen LogP contribution in [-0.2, 0) is 9.53 Å². The van der Waals surface area contributed by atoms with Gasteiger partial charge in [-0.3, -0.25) is 0 Å². The molecule has 2 aromatic carbocycles. The van der Waals surface area contributed by atoms with E-state index >= 15 is 0 Å². The van der Waals surface area contributed by atoms with Gasteiger partial charge in [-0.25, -0.2) is 18.0 Å². The lowest BCUT2D eigenvalue weighted by Crippen LogP contribution is -2.25. The van der Waals surface area contributed by atoms with Gasteiger partial charge in [-0.05, 0) is 24.3 Å². The van der Waals surface area contributed by atoms with Gasteiger partial charge in [-0.1, -0.05) is 18.2 Å². The lowest BCUT2D eigenvalue weighted by atomic mass is 10.0. The molecule has 0 heterocycles. The van der Waals surface area contributed by atoms with Crippen molar-refractivity contribution in [1.82, 2.24) is 0 Å². The van der Waals surface area contributed by atoms with Crippen LogP contribution in [0.3, 0.4) is 0 Å². The number of hydrogen-bond donors (Lipinski definition) is 1. The van der Waals surface area contributed by atoms with Crippen molar-refractivity contribution in [2.45, 2.75) is 6.04 Å². The molecule has 3 nitrogen and oxygen atoms in total. The average Bonchev–Trinajstić information content (AvgIpc) is 2.47. The first-order valence-electron chi connectivity index (χ1n) is 6.07. The van der Waals surface area contributed by atoms with Gasteiger partial charge in [0.05, 0.1) is 18.4 Å². The van der Waals surface area contributed by atoms with Crippen molar-refractivity contribution in [3.63, 3.8) is 0 Å². The van der Waals surface area contributed by atoms with Gasteiger partial charge in [0.2, 0.25) is 0 Å². The van der Waals surface area contributed by atoms with Gasteiger partial charge in [0, 0.05) is 0 Å². The number of rotatable bonds is 4. The standard InChI is InChI=1S/C15H12F3NO2/c1-21-15(20)14(13-10(17)6-4-7-11(13)18)19-12-8-3-2-5-9(12)16/h2-8,14,19H,1H3. The molecule has 0 radical (unpaired) electrons. The Morgan fingerprint density at radius 2 is 1.57 bits per heavy atom. The van der Waals surface area contributed by atoms with Gasteiger partial charge in [0.15, 0.2) is 6.04 Å². The molecule has 1 atom stereocenters. The zero-order chi connectivity index (χ0) is 15.4. The molecule has 1 unspecified atom stereocenters. The Hall–Kier alpha value is -2.50. The van der Waals surface area contributed by atoms with Crippen molar-refractivity contribution in [2.75, 3.05) is 12.4 Å². The van der Waals surface area contributed by atoms with Crippen LogP contribution in [-0.4, -0.2) is 13.1 Å². The molecule has 1 N–H and O–H groups in total. The predicted molar refractivity (Wildman–Crippen MR) is 71.1 cm³/mol. The monoisotopic (exact) mass is 295 g/mol. The zero-order valence-corrected chi connectivity index (χ0v) is 11.1. The van der Waals surface area contributed by atoms with E-state index in [0.29, 0.717) is 0 Å². The normalized spacial score (nSPS) is 11.8. The van der Waals surface area contributed by atoms with E-state index < -0.39 is 35.0 Å². The lowest BCUT2D eigenvalue weighted by molar-refractivity contribution is -0.141. The quantitative estimate of drug-likeness (QED) is 0.878. The minimum atomic E-state index is -1.49. The SMILES string of the molecule is COC(=O)C(Nc1ccccc1F)c1c(F)cccc1F. The molecule has 0 amide bonds. The van der Waals surface area contributed by atoms with E-state index in [4.69, 9.17) is 0 Å². The molecule has 0 aliphatic carbocycles. The Morgan fingerprint density at radius 3 is 2.14 bits per heavy atom. The average molecular weight is 295 g/mol. The number of esters is 1. The highest BCUT2D eigenvalue weighted by molar-refractivity contribution is 5.81. The Bertz CT molecular complexity index is 641. The Labute approximate surface area is 119 Å². The summed E-state index contributed by atoms with van der Waals surface area (Å²) in [6.07, 6.45) is 0. The number of ether oxygens (including phenoxy) is 1. The highest BCUT2D eigenvalue weighted by Gasteiger charge is 2.28. The van der Waals surface area contributed by atoms with Crippen LogP contribution in [0.4, 0.5) is 18.9 Å². The number of methoxy groups -OCH3 is 1. The molecule has 0 aliphatic rings. The van der Waals surface area contributed by atoms with Gasteiger partial charge < -0.3 is 10.1 Å². The number of carbonyl (C=O) groups is 1. The van der Waals surface area contributed by atoms with E-state index in [1.165, 1.54) is 24.3 Å². The van der Waals surface area contributed by atoms with Crippen molar-refractivity contribution >= 4 is 11.7 Å². The molecule has 110 valence electrons. The number of halogens is 3. The highest BCUT2D eigenvalue weighted by atomic mass is 19.1. The Kier molecular flexibility index (Phi) is 4.47. The summed E-state index contributed by atoms with van der Waals surface area (Å²) in [5, 5.41) is 2.47. The fourth-order valence-electron chi connectivity index (χ4n) is 1.89. The first kappa shape index (κ1) is 14.9. The molecule has 0 fully saturated rings. The maximum atomic E-state index is 13.8. The minimum Gasteiger partial charge on any atom is -0.467 e. The van der Waals surface area contributed by atoms with Crippen molar-refractivity contribution < 1.29 is 22.7 Å². The number of anilines is 1. The van der Waals surface area contributed by atoms with Crippen molar-refractivity contribution in [2.24, 2.45) is 0 Å². The van der Waals surface area contributed by atoms with Gasteiger partial charge in [-0.15, -0.1) is 0 Å². The van der Waals surface area contributed by atoms with E-state index in [-0.39, 0.29) is 5.69 Å². The summed E-state index contributed by atoms with van der Waals surface area (Å²) in [7, 11) is 1.08. The third-order valence-corrected chi connectivity index (χ3v) is 2.90. The first-order chi connectivity index (χ1) is 10.0. The van der Waals surface area contributed by atoms with Crippen LogP contribution >= 0.6 is 0 Å². The largest absolute Gasteiger partial charge is 0.467 e. The van der Waals surface area contributed by atoms with Crippen LogP contribution in [0.1, 0.15) is 11.6 Å². The van der Waals surface area contributed by atoms with Crippen LogP contribution in [0.15, 0.2) is 42.5 Å². The second kappa shape index (κ2) is 6.30. The van der Waals surface area contributed by atoms with E-state index in [1.807, 2.05) is 0 Å². The second-order valence-electron chi connectivity index (χ2n) is 4.22. The summed E-state index contributed by atoms with van der Waals surface area (Å²) < 4.78 is 45.8. The number of carbonyl (C=O) groups excluding carboxylic acids is 1. The van der Waals surface area contributed by atoms with Crippen molar-refractivity contribution in [3.05, 3.63) is 65.5 Å². The third kappa shape index (κ3) is 3.16. The van der Waals surface area contributed by atoms with E-state index in [9.17, 15) is 18.0 Å². The third-order valence-electron chi connectivity index (χ3n) is 2.90. The molecule has 0 saturated carbocycles. The summed E-state index contributed by atoms with van der Waals surface area (Å²) >= 11 is 0. The molecule has 0 aromatic heterocycles. The molecule has 0 bridgehead atoms. The number of benzene rings is 2. The van der Waals surface area contributed by atoms with E-state index in [2.05, 4.69) is 10.1 Å². The van der Waals surface area contributed by atoms with Gasteiger partial charge in [0.1, 0.15) is 17.5 Å². The van der Waals surface area contributed by atoms with Crippen LogP contribution < -0.4 is 5.32 Å². The summed E-state index contributed by atoms with van der Waals surface area (Å²) in [5.74, 6) is -3.42. The molecular formula is C15H12F3NO2. The lowest BCUT2D eigenvalue weighted by Gasteiger charge is -2.19. The predicted octanol–water partition coefficient (Wildman–Crippen LogP) is 3.43. The van der Waals surface area contributed by atoms with E-state index in [1.54, 1.807) is 0 Å². The molecule has 0 saturated heterocycles. The van der Waals surface area contributed by atoms with Crippen molar-refractivity contribution in [1.29, 1.82) is 0 Å². The molecular weight excluding hydrogens is 283 g/mol. The fraction of sp³-hybridized carbons (Fsp3) is 0.133. The molecule has 0 spiro atoms. The summed E-state index contributed by atoms with van der Waals surface area (Å²) in [6, 6.07) is 7.20. The van der Waals surface area contributed by atoms with Gasteiger partial charge in [-0.2, -0.15) is 0 Å². The first-order valence-corrected chi connectivity index (χ1v) is 6.07. The van der Waals surface area contributed by atoms with Crippen LogP contribution in [0.2, 0.25) is 0 Å². The van der Waals surface area contributed by atoms with E-state index in [0.717, 1.165) is 25.3 Å². The van der Waals surface area contributed by atoms with Crippen LogP contribution in [0, 0.1) is 17.5 Å². The summed E-state index contributed by atoms with van der Waals surface area (Å²) in [4.78, 5) is 11.8.